The molecule has 3 nitrogen and oxygen atoms in total. The molecule has 1 aromatic heterocycles. The summed E-state index contributed by atoms with van der Waals surface area (Å²) in [7, 11) is 0. The molecular weight excluding hydrogens is 284 g/mol. The third-order valence-corrected chi connectivity index (χ3v) is 4.74. The van der Waals surface area contributed by atoms with E-state index in [1.54, 1.807) is 6.07 Å². The number of rotatable bonds is 4. The van der Waals surface area contributed by atoms with Crippen molar-refractivity contribution in [3.05, 3.63) is 28.5 Å². The maximum atomic E-state index is 12.4. The van der Waals surface area contributed by atoms with Gasteiger partial charge >= 0.3 is 0 Å². The molecule has 0 aliphatic heterocycles. The lowest BCUT2D eigenvalue weighted by Gasteiger charge is -2.32. The molecule has 0 saturated heterocycles. The number of halogens is 1. The molecule has 21 heavy (non-hydrogen) atoms. The molecule has 4 heteroatoms. The average molecular weight is 309 g/mol. The monoisotopic (exact) mass is 308 g/mol. The van der Waals surface area contributed by atoms with E-state index in [0.29, 0.717) is 16.6 Å². The lowest BCUT2D eigenvalue weighted by Crippen LogP contribution is -2.39. The van der Waals surface area contributed by atoms with E-state index in [1.807, 2.05) is 6.07 Å². The first kappa shape index (κ1) is 16.3. The van der Waals surface area contributed by atoms with Gasteiger partial charge in [-0.25, -0.2) is 4.98 Å². The van der Waals surface area contributed by atoms with E-state index in [9.17, 15) is 4.79 Å². The van der Waals surface area contributed by atoms with Crippen LogP contribution < -0.4 is 5.32 Å². The van der Waals surface area contributed by atoms with Crippen molar-refractivity contribution in [1.82, 2.24) is 10.3 Å². The molecule has 1 saturated carbocycles. The van der Waals surface area contributed by atoms with Crippen LogP contribution >= 0.6 is 11.6 Å². The molecule has 1 N–H and O–H groups in total. The maximum absolute atomic E-state index is 12.4. The number of aryl methyl sites for hydroxylation is 1. The van der Waals surface area contributed by atoms with Crippen molar-refractivity contribution < 1.29 is 4.79 Å². The molecule has 116 valence electrons. The summed E-state index contributed by atoms with van der Waals surface area (Å²) in [5.74, 6) is 1.40. The summed E-state index contributed by atoms with van der Waals surface area (Å²) in [5, 5.41) is 3.56. The number of carbonyl (C=O) groups excluding carboxylic acids is 1. The Kier molecular flexibility index (Phi) is 5.63. The summed E-state index contributed by atoms with van der Waals surface area (Å²) in [5.41, 5.74) is 1.52. The van der Waals surface area contributed by atoms with Crippen LogP contribution in [0.25, 0.3) is 0 Å². The number of carbonyl (C=O) groups is 1. The minimum atomic E-state index is -0.0246. The minimum absolute atomic E-state index is 0.0246. The average Bonchev–Trinajstić information content (AvgIpc) is 2.42. The Bertz CT molecular complexity index is 504. The standard InChI is InChI=1S/C17H25ClN2O/c1-4-5-14-9-13(10-16(18)19-14)17(21)20-15-7-6-11(2)12(3)8-15/h9-12,15H,4-8H2,1-3H3,(H,20,21). The molecule has 1 aliphatic carbocycles. The van der Waals surface area contributed by atoms with Crippen LogP contribution in [0.4, 0.5) is 0 Å². The number of nitrogens with zero attached hydrogens (tertiary/aromatic N) is 1. The summed E-state index contributed by atoms with van der Waals surface area (Å²) < 4.78 is 0. The van der Waals surface area contributed by atoms with Crippen molar-refractivity contribution in [3.63, 3.8) is 0 Å². The second kappa shape index (κ2) is 7.26. The first-order chi connectivity index (χ1) is 9.99. The number of hydrogen-bond acceptors (Lipinski definition) is 2. The van der Waals surface area contributed by atoms with Crippen molar-refractivity contribution in [2.75, 3.05) is 0 Å². The van der Waals surface area contributed by atoms with E-state index in [0.717, 1.165) is 37.3 Å². The van der Waals surface area contributed by atoms with Crippen molar-refractivity contribution in [3.8, 4) is 0 Å². The summed E-state index contributed by atoms with van der Waals surface area (Å²) in [6.07, 6.45) is 5.15. The molecular formula is C17H25ClN2O. The Labute approximate surface area is 132 Å². The largest absolute Gasteiger partial charge is 0.349 e. The molecule has 2 rings (SSSR count). The molecule has 0 bridgehead atoms. The van der Waals surface area contributed by atoms with Crippen molar-refractivity contribution in [2.45, 2.75) is 58.9 Å². The van der Waals surface area contributed by atoms with Crippen molar-refractivity contribution >= 4 is 17.5 Å². The second-order valence-electron chi connectivity index (χ2n) is 6.36. The van der Waals surface area contributed by atoms with Crippen LogP contribution in [0.15, 0.2) is 12.1 Å². The summed E-state index contributed by atoms with van der Waals surface area (Å²) >= 11 is 6.02. The second-order valence-corrected chi connectivity index (χ2v) is 6.75. The molecule has 1 aliphatic rings. The lowest BCUT2D eigenvalue weighted by molar-refractivity contribution is 0.0910. The van der Waals surface area contributed by atoms with E-state index < -0.39 is 0 Å². The Morgan fingerprint density at radius 1 is 1.33 bits per heavy atom. The van der Waals surface area contributed by atoms with Crippen LogP contribution in [0.2, 0.25) is 5.15 Å². The van der Waals surface area contributed by atoms with Crippen LogP contribution in [-0.4, -0.2) is 16.9 Å². The van der Waals surface area contributed by atoms with Crippen LogP contribution in [-0.2, 0) is 6.42 Å². The third kappa shape index (κ3) is 4.44. The zero-order chi connectivity index (χ0) is 15.4. The molecule has 1 heterocycles. The highest BCUT2D eigenvalue weighted by molar-refractivity contribution is 6.29. The summed E-state index contributed by atoms with van der Waals surface area (Å²) in [4.78, 5) is 16.7. The quantitative estimate of drug-likeness (QED) is 0.845. The van der Waals surface area contributed by atoms with Gasteiger partial charge in [-0.1, -0.05) is 38.8 Å². The zero-order valence-corrected chi connectivity index (χ0v) is 13.9. The van der Waals surface area contributed by atoms with Crippen LogP contribution in [0, 0.1) is 11.8 Å². The highest BCUT2D eigenvalue weighted by Crippen LogP contribution is 2.29. The van der Waals surface area contributed by atoms with Gasteiger partial charge in [0.1, 0.15) is 5.15 Å². The molecule has 3 unspecified atom stereocenters. The Hall–Kier alpha value is -1.09. The number of pyridine rings is 1. The smallest absolute Gasteiger partial charge is 0.251 e. The normalized spacial score (nSPS) is 25.6. The summed E-state index contributed by atoms with van der Waals surface area (Å²) in [6, 6.07) is 3.80. The summed E-state index contributed by atoms with van der Waals surface area (Å²) in [6.45, 7) is 6.65. The van der Waals surface area contributed by atoms with Gasteiger partial charge in [0.15, 0.2) is 0 Å². The van der Waals surface area contributed by atoms with Gasteiger partial charge in [0.05, 0.1) is 0 Å². The van der Waals surface area contributed by atoms with Gasteiger partial charge in [0, 0.05) is 17.3 Å². The minimum Gasteiger partial charge on any atom is -0.349 e. The Balaban J connectivity index is 2.03. The highest BCUT2D eigenvalue weighted by atomic mass is 35.5. The molecule has 0 radical (unpaired) electrons. The molecule has 3 atom stereocenters. The van der Waals surface area contributed by atoms with Gasteiger partial charge in [0.2, 0.25) is 0 Å². The molecule has 0 aromatic carbocycles. The number of nitrogens with one attached hydrogen (secondary N) is 1. The van der Waals surface area contributed by atoms with Gasteiger partial charge in [-0.05, 0) is 49.7 Å². The zero-order valence-electron chi connectivity index (χ0n) is 13.2. The number of hydrogen-bond donors (Lipinski definition) is 1. The predicted molar refractivity (Wildman–Crippen MR) is 86.7 cm³/mol. The number of aromatic nitrogens is 1. The van der Waals surface area contributed by atoms with Gasteiger partial charge in [-0.3, -0.25) is 4.79 Å². The van der Waals surface area contributed by atoms with Crippen LogP contribution in [0.1, 0.15) is 62.5 Å². The molecule has 1 amide bonds. The third-order valence-electron chi connectivity index (χ3n) is 4.55. The molecule has 1 aromatic rings. The highest BCUT2D eigenvalue weighted by Gasteiger charge is 2.25. The van der Waals surface area contributed by atoms with Gasteiger partial charge < -0.3 is 5.32 Å². The van der Waals surface area contributed by atoms with Crippen LogP contribution in [0.5, 0.6) is 0 Å². The van der Waals surface area contributed by atoms with Gasteiger partial charge in [0.25, 0.3) is 5.91 Å². The van der Waals surface area contributed by atoms with Gasteiger partial charge in [-0.15, -0.1) is 0 Å². The van der Waals surface area contributed by atoms with E-state index >= 15 is 0 Å². The van der Waals surface area contributed by atoms with E-state index in [2.05, 4.69) is 31.1 Å². The SMILES string of the molecule is CCCc1cc(C(=O)NC2CCC(C)C(C)C2)cc(Cl)n1. The van der Waals surface area contributed by atoms with Crippen molar-refractivity contribution in [2.24, 2.45) is 11.8 Å². The van der Waals surface area contributed by atoms with Gasteiger partial charge in [-0.2, -0.15) is 0 Å². The van der Waals surface area contributed by atoms with Crippen molar-refractivity contribution in [1.29, 1.82) is 0 Å². The fraction of sp³-hybridized carbons (Fsp3) is 0.647. The van der Waals surface area contributed by atoms with E-state index in [4.69, 9.17) is 11.6 Å². The maximum Gasteiger partial charge on any atom is 0.251 e. The first-order valence-electron chi connectivity index (χ1n) is 7.97. The predicted octanol–water partition coefficient (Wildman–Crippen LogP) is 4.24. The molecule has 0 spiro atoms. The topological polar surface area (TPSA) is 42.0 Å². The lowest BCUT2D eigenvalue weighted by atomic mass is 9.79. The molecule has 1 fully saturated rings. The Morgan fingerprint density at radius 3 is 2.76 bits per heavy atom. The van der Waals surface area contributed by atoms with Crippen LogP contribution in [0.3, 0.4) is 0 Å². The fourth-order valence-corrected chi connectivity index (χ4v) is 3.24. The first-order valence-corrected chi connectivity index (χ1v) is 8.34. The van der Waals surface area contributed by atoms with E-state index in [-0.39, 0.29) is 11.9 Å². The number of amides is 1. The Morgan fingerprint density at radius 2 is 2.10 bits per heavy atom. The van der Waals surface area contributed by atoms with E-state index in [1.165, 1.54) is 6.42 Å². The fourth-order valence-electron chi connectivity index (χ4n) is 3.01.